The highest BCUT2D eigenvalue weighted by molar-refractivity contribution is 5.66. The molecule has 16 heavy (non-hydrogen) atoms. The van der Waals surface area contributed by atoms with Gasteiger partial charge < -0.3 is 10.4 Å². The Kier molecular flexibility index (Phi) is 5.56. The van der Waals surface area contributed by atoms with Crippen LogP contribution in [-0.4, -0.2) is 27.4 Å². The summed E-state index contributed by atoms with van der Waals surface area (Å²) >= 11 is 0. The molecule has 5 nitrogen and oxygen atoms in total. The summed E-state index contributed by atoms with van der Waals surface area (Å²) in [5.41, 5.74) is 1.15. The molecule has 1 heterocycles. The lowest BCUT2D eigenvalue weighted by atomic mass is 10.3. The van der Waals surface area contributed by atoms with Crippen molar-refractivity contribution in [2.75, 3.05) is 6.54 Å². The molecule has 0 atom stereocenters. The fourth-order valence-corrected chi connectivity index (χ4v) is 1.50. The van der Waals surface area contributed by atoms with Crippen LogP contribution >= 0.6 is 0 Å². The summed E-state index contributed by atoms with van der Waals surface area (Å²) in [7, 11) is 0. The van der Waals surface area contributed by atoms with E-state index in [-0.39, 0.29) is 6.42 Å². The van der Waals surface area contributed by atoms with Gasteiger partial charge in [0.05, 0.1) is 5.69 Å². The monoisotopic (exact) mass is 225 g/mol. The van der Waals surface area contributed by atoms with Crippen LogP contribution in [0.4, 0.5) is 0 Å². The molecule has 1 aromatic heterocycles. The predicted molar refractivity (Wildman–Crippen MR) is 61.1 cm³/mol. The highest BCUT2D eigenvalue weighted by Gasteiger charge is 2.01. The number of hydrogen-bond donors (Lipinski definition) is 2. The number of nitrogens with zero attached hydrogens (tertiary/aromatic N) is 2. The summed E-state index contributed by atoms with van der Waals surface area (Å²) in [6.07, 6.45) is 3.75. The number of carboxylic acids is 1. The minimum Gasteiger partial charge on any atom is -0.481 e. The molecule has 0 aromatic carbocycles. The van der Waals surface area contributed by atoms with E-state index in [2.05, 4.69) is 17.3 Å². The summed E-state index contributed by atoms with van der Waals surface area (Å²) < 4.78 is 1.98. The van der Waals surface area contributed by atoms with Crippen LogP contribution in [0.25, 0.3) is 0 Å². The van der Waals surface area contributed by atoms with Crippen molar-refractivity contribution in [3.63, 3.8) is 0 Å². The van der Waals surface area contributed by atoms with Crippen molar-refractivity contribution >= 4 is 5.97 Å². The van der Waals surface area contributed by atoms with Gasteiger partial charge in [0.25, 0.3) is 0 Å². The molecule has 0 radical (unpaired) electrons. The molecule has 0 saturated heterocycles. The minimum atomic E-state index is -0.738. The first kappa shape index (κ1) is 12.7. The Morgan fingerprint density at radius 2 is 2.44 bits per heavy atom. The van der Waals surface area contributed by atoms with E-state index in [1.54, 1.807) is 6.20 Å². The van der Waals surface area contributed by atoms with Gasteiger partial charge in [-0.1, -0.05) is 6.92 Å². The molecule has 0 saturated carbocycles. The van der Waals surface area contributed by atoms with Crippen LogP contribution in [0.3, 0.4) is 0 Å². The van der Waals surface area contributed by atoms with Crippen LogP contribution in [0.1, 0.15) is 31.9 Å². The molecule has 0 aliphatic carbocycles. The van der Waals surface area contributed by atoms with Crippen LogP contribution in [0.15, 0.2) is 12.3 Å². The summed E-state index contributed by atoms with van der Waals surface area (Å²) in [6, 6.07) is 1.99. The maximum absolute atomic E-state index is 10.3. The molecular formula is C11H19N3O2. The van der Waals surface area contributed by atoms with E-state index in [0.29, 0.717) is 6.42 Å². The van der Waals surface area contributed by atoms with Crippen molar-refractivity contribution in [1.82, 2.24) is 15.1 Å². The SMILES string of the molecule is CCCn1nccc1CNCCCC(=O)O. The van der Waals surface area contributed by atoms with E-state index in [4.69, 9.17) is 5.11 Å². The molecule has 90 valence electrons. The fourth-order valence-electron chi connectivity index (χ4n) is 1.50. The Labute approximate surface area is 95.5 Å². The third kappa shape index (κ3) is 4.44. The first-order valence-electron chi connectivity index (χ1n) is 5.67. The van der Waals surface area contributed by atoms with Crippen LogP contribution in [0.5, 0.6) is 0 Å². The summed E-state index contributed by atoms with van der Waals surface area (Å²) in [5.74, 6) is -0.738. The highest BCUT2D eigenvalue weighted by Crippen LogP contribution is 1.99. The van der Waals surface area contributed by atoms with Gasteiger partial charge in [0.1, 0.15) is 0 Å². The average Bonchev–Trinajstić information content (AvgIpc) is 2.65. The number of carbonyl (C=O) groups is 1. The van der Waals surface area contributed by atoms with Crippen LogP contribution in [-0.2, 0) is 17.9 Å². The fraction of sp³-hybridized carbons (Fsp3) is 0.636. The van der Waals surface area contributed by atoms with Crippen molar-refractivity contribution < 1.29 is 9.90 Å². The van der Waals surface area contributed by atoms with Crippen molar-refractivity contribution in [3.8, 4) is 0 Å². The number of rotatable bonds is 8. The van der Waals surface area contributed by atoms with Crippen molar-refractivity contribution in [2.45, 2.75) is 39.3 Å². The van der Waals surface area contributed by atoms with Gasteiger partial charge in [-0.2, -0.15) is 5.10 Å². The molecule has 0 aliphatic rings. The smallest absolute Gasteiger partial charge is 0.303 e. The lowest BCUT2D eigenvalue weighted by Crippen LogP contribution is -2.18. The summed E-state index contributed by atoms with van der Waals surface area (Å²) in [5, 5.41) is 15.9. The van der Waals surface area contributed by atoms with E-state index in [1.165, 1.54) is 0 Å². The Hall–Kier alpha value is -1.36. The van der Waals surface area contributed by atoms with Crippen molar-refractivity contribution in [2.24, 2.45) is 0 Å². The van der Waals surface area contributed by atoms with Gasteiger partial charge in [-0.15, -0.1) is 0 Å². The Balaban J connectivity index is 2.21. The van der Waals surface area contributed by atoms with Crippen LogP contribution in [0.2, 0.25) is 0 Å². The number of carboxylic acid groups (broad SMARTS) is 1. The van der Waals surface area contributed by atoms with Gasteiger partial charge in [0.15, 0.2) is 0 Å². The lowest BCUT2D eigenvalue weighted by Gasteiger charge is -2.07. The van der Waals surface area contributed by atoms with Gasteiger partial charge >= 0.3 is 5.97 Å². The zero-order chi connectivity index (χ0) is 11.8. The van der Waals surface area contributed by atoms with Gasteiger partial charge in [0, 0.05) is 25.7 Å². The van der Waals surface area contributed by atoms with Gasteiger partial charge in [0.2, 0.25) is 0 Å². The third-order valence-corrected chi connectivity index (χ3v) is 2.29. The van der Waals surface area contributed by atoms with Crippen molar-refractivity contribution in [1.29, 1.82) is 0 Å². The second kappa shape index (κ2) is 7.00. The number of aromatic nitrogens is 2. The Morgan fingerprint density at radius 1 is 1.62 bits per heavy atom. The molecule has 0 bridgehead atoms. The zero-order valence-corrected chi connectivity index (χ0v) is 9.65. The molecular weight excluding hydrogens is 206 g/mol. The molecule has 0 amide bonds. The Morgan fingerprint density at radius 3 is 3.12 bits per heavy atom. The molecule has 1 aromatic rings. The first-order chi connectivity index (χ1) is 7.74. The quantitative estimate of drug-likeness (QED) is 0.653. The molecule has 0 unspecified atom stereocenters. The normalized spacial score (nSPS) is 10.6. The van der Waals surface area contributed by atoms with E-state index in [0.717, 1.165) is 31.7 Å². The average molecular weight is 225 g/mol. The van der Waals surface area contributed by atoms with Crippen molar-refractivity contribution in [3.05, 3.63) is 18.0 Å². The molecule has 5 heteroatoms. The molecule has 0 fully saturated rings. The largest absolute Gasteiger partial charge is 0.481 e. The standard InChI is InChI=1S/C11H19N3O2/c1-2-8-14-10(5-7-13-14)9-12-6-3-4-11(15)16/h5,7,12H,2-4,6,8-9H2,1H3,(H,15,16). The van der Waals surface area contributed by atoms with E-state index in [1.807, 2.05) is 10.7 Å². The molecule has 0 aliphatic heterocycles. The van der Waals surface area contributed by atoms with Gasteiger partial charge in [-0.3, -0.25) is 9.48 Å². The van der Waals surface area contributed by atoms with Crippen LogP contribution < -0.4 is 5.32 Å². The predicted octanol–water partition coefficient (Wildman–Crippen LogP) is 1.25. The molecule has 0 spiro atoms. The maximum Gasteiger partial charge on any atom is 0.303 e. The lowest BCUT2D eigenvalue weighted by molar-refractivity contribution is -0.137. The summed E-state index contributed by atoms with van der Waals surface area (Å²) in [6.45, 7) is 4.52. The number of nitrogens with one attached hydrogen (secondary N) is 1. The summed E-state index contributed by atoms with van der Waals surface area (Å²) in [4.78, 5) is 10.3. The zero-order valence-electron chi connectivity index (χ0n) is 9.65. The van der Waals surface area contributed by atoms with Gasteiger partial charge in [-0.25, -0.2) is 0 Å². The maximum atomic E-state index is 10.3. The van der Waals surface area contributed by atoms with E-state index < -0.39 is 5.97 Å². The minimum absolute atomic E-state index is 0.223. The third-order valence-electron chi connectivity index (χ3n) is 2.29. The first-order valence-corrected chi connectivity index (χ1v) is 5.67. The highest BCUT2D eigenvalue weighted by atomic mass is 16.4. The number of aryl methyl sites for hydroxylation is 1. The van der Waals surface area contributed by atoms with Gasteiger partial charge in [-0.05, 0) is 25.5 Å². The second-order valence-electron chi connectivity index (χ2n) is 3.72. The Bertz CT molecular complexity index is 323. The number of hydrogen-bond acceptors (Lipinski definition) is 3. The topological polar surface area (TPSA) is 67.2 Å². The van der Waals surface area contributed by atoms with E-state index >= 15 is 0 Å². The molecule has 2 N–H and O–H groups in total. The molecule has 1 rings (SSSR count). The van der Waals surface area contributed by atoms with Crippen LogP contribution in [0, 0.1) is 0 Å². The van der Waals surface area contributed by atoms with E-state index in [9.17, 15) is 4.79 Å². The number of aliphatic carboxylic acids is 1. The second-order valence-corrected chi connectivity index (χ2v) is 3.72.